The van der Waals surface area contributed by atoms with Crippen LogP contribution in [0.1, 0.15) is 25.3 Å². The summed E-state index contributed by atoms with van der Waals surface area (Å²) in [5.74, 6) is 2.11. The van der Waals surface area contributed by atoms with Crippen LogP contribution in [0.25, 0.3) is 22.2 Å². The van der Waals surface area contributed by atoms with Crippen molar-refractivity contribution in [3.63, 3.8) is 0 Å². The number of benzene rings is 2. The fraction of sp³-hybridized carbons (Fsp3) is 0.355. The number of para-hydroxylation sites is 1. The van der Waals surface area contributed by atoms with E-state index in [4.69, 9.17) is 42.6 Å². The van der Waals surface area contributed by atoms with Gasteiger partial charge in [0.15, 0.2) is 5.82 Å². The number of halogens is 2. The number of amides is 1. The highest BCUT2D eigenvalue weighted by Crippen LogP contribution is 2.46. The second-order valence-electron chi connectivity index (χ2n) is 10.7. The third-order valence-corrected chi connectivity index (χ3v) is 8.36. The number of pyridine rings is 1. The third-order valence-electron chi connectivity index (χ3n) is 7.61. The average Bonchev–Trinajstić information content (AvgIpc) is 2.98. The molecule has 0 bridgehead atoms. The predicted octanol–water partition coefficient (Wildman–Crippen LogP) is 6.78. The molecule has 1 aliphatic rings. The van der Waals surface area contributed by atoms with E-state index in [0.29, 0.717) is 67.4 Å². The molecule has 43 heavy (non-hydrogen) atoms. The topological polar surface area (TPSA) is 114 Å². The molecule has 226 valence electrons. The Balaban J connectivity index is 1.60. The van der Waals surface area contributed by atoms with Crippen molar-refractivity contribution >= 4 is 63.2 Å². The summed E-state index contributed by atoms with van der Waals surface area (Å²) >= 11 is 13.5. The fourth-order valence-electron chi connectivity index (χ4n) is 5.21. The van der Waals surface area contributed by atoms with E-state index in [1.807, 2.05) is 31.2 Å². The number of hydrogen-bond donors (Lipinski definition) is 3. The molecule has 2 aromatic carbocycles. The van der Waals surface area contributed by atoms with Gasteiger partial charge in [-0.15, -0.1) is 0 Å². The van der Waals surface area contributed by atoms with Gasteiger partial charge in [0.25, 0.3) is 0 Å². The molecule has 3 N–H and O–H groups in total. The molecule has 0 atom stereocenters. The quantitative estimate of drug-likeness (QED) is 0.186. The fourth-order valence-corrected chi connectivity index (χ4v) is 5.90. The molecule has 0 unspecified atom stereocenters. The van der Waals surface area contributed by atoms with Crippen molar-refractivity contribution in [3.8, 4) is 22.8 Å². The number of carbonyl (C=O) groups is 1. The predicted molar refractivity (Wildman–Crippen MR) is 173 cm³/mol. The maximum Gasteiger partial charge on any atom is 0.227 e. The van der Waals surface area contributed by atoms with Crippen LogP contribution in [0.3, 0.4) is 0 Å². The molecule has 2 aromatic heterocycles. The standard InChI is InChI=1S/C31H35Cl2N7O3/c1-17-7-6-8-21(36-18(2)41)28(17)38-31-35-16-20-13-22(25-26(32)23(42-4)14-24(43-5)27(25)33)37-30(29(20)39-31)34-15-19-9-11-40(3)12-10-19/h6-8,13-14,16,19H,9-12,15H2,1-5H3,(H,34,37)(H,36,41)(H,35,38,39). The summed E-state index contributed by atoms with van der Waals surface area (Å²) in [6.45, 7) is 6.27. The molecule has 3 heterocycles. The maximum atomic E-state index is 11.8. The van der Waals surface area contributed by atoms with E-state index in [1.54, 1.807) is 12.3 Å². The highest BCUT2D eigenvalue weighted by molar-refractivity contribution is 6.41. The van der Waals surface area contributed by atoms with Gasteiger partial charge in [0.2, 0.25) is 11.9 Å². The number of nitrogens with one attached hydrogen (secondary N) is 3. The molecular formula is C31H35Cl2N7O3. The number of hydrogen-bond acceptors (Lipinski definition) is 9. The van der Waals surface area contributed by atoms with Gasteiger partial charge in [0, 0.05) is 36.7 Å². The molecule has 1 amide bonds. The molecule has 10 nitrogen and oxygen atoms in total. The largest absolute Gasteiger partial charge is 0.495 e. The van der Waals surface area contributed by atoms with Crippen LogP contribution >= 0.6 is 23.2 Å². The lowest BCUT2D eigenvalue weighted by Crippen LogP contribution is -2.33. The highest BCUT2D eigenvalue weighted by atomic mass is 35.5. The van der Waals surface area contributed by atoms with Crippen LogP contribution in [-0.4, -0.2) is 66.7 Å². The van der Waals surface area contributed by atoms with Gasteiger partial charge in [-0.2, -0.15) is 0 Å². The number of ether oxygens (including phenoxy) is 2. The molecule has 12 heteroatoms. The summed E-state index contributed by atoms with van der Waals surface area (Å²) < 4.78 is 11.0. The number of nitrogens with zero attached hydrogens (tertiary/aromatic N) is 4. The van der Waals surface area contributed by atoms with Crippen molar-refractivity contribution in [2.75, 3.05) is 56.9 Å². The van der Waals surface area contributed by atoms with E-state index in [-0.39, 0.29) is 5.91 Å². The molecule has 1 aliphatic heterocycles. The van der Waals surface area contributed by atoms with Crippen molar-refractivity contribution in [3.05, 3.63) is 52.1 Å². The summed E-state index contributed by atoms with van der Waals surface area (Å²) in [5, 5.41) is 11.1. The first kappa shape index (κ1) is 30.6. The number of aryl methyl sites for hydroxylation is 1. The molecule has 0 saturated carbocycles. The lowest BCUT2D eigenvalue weighted by Gasteiger charge is -2.29. The third kappa shape index (κ3) is 6.71. The normalized spacial score (nSPS) is 14.0. The maximum absolute atomic E-state index is 11.8. The van der Waals surface area contributed by atoms with Gasteiger partial charge in [-0.05, 0) is 63.5 Å². The highest BCUT2D eigenvalue weighted by Gasteiger charge is 2.23. The number of piperidine rings is 1. The first-order valence-corrected chi connectivity index (χ1v) is 14.8. The van der Waals surface area contributed by atoms with Gasteiger partial charge >= 0.3 is 0 Å². The molecule has 5 rings (SSSR count). The van der Waals surface area contributed by atoms with Crippen molar-refractivity contribution in [2.24, 2.45) is 5.92 Å². The Bertz CT molecular complexity index is 1630. The first-order valence-electron chi connectivity index (χ1n) is 14.0. The van der Waals surface area contributed by atoms with E-state index < -0.39 is 0 Å². The van der Waals surface area contributed by atoms with Crippen LogP contribution in [0.2, 0.25) is 10.0 Å². The average molecular weight is 625 g/mol. The minimum Gasteiger partial charge on any atom is -0.495 e. The Hall–Kier alpha value is -3.86. The Morgan fingerprint density at radius 3 is 2.42 bits per heavy atom. The Morgan fingerprint density at radius 1 is 1.07 bits per heavy atom. The summed E-state index contributed by atoms with van der Waals surface area (Å²) in [4.78, 5) is 28.6. The van der Waals surface area contributed by atoms with Crippen molar-refractivity contribution < 1.29 is 14.3 Å². The number of likely N-dealkylation sites (tertiary alicyclic amines) is 1. The van der Waals surface area contributed by atoms with Gasteiger partial charge in [-0.25, -0.2) is 15.0 Å². The zero-order chi connectivity index (χ0) is 30.7. The van der Waals surface area contributed by atoms with Crippen LogP contribution < -0.4 is 25.4 Å². The van der Waals surface area contributed by atoms with Crippen LogP contribution in [-0.2, 0) is 4.79 Å². The summed E-state index contributed by atoms with van der Waals surface area (Å²) in [7, 11) is 5.22. The van der Waals surface area contributed by atoms with Gasteiger partial charge in [0.1, 0.15) is 17.0 Å². The van der Waals surface area contributed by atoms with Crippen LogP contribution in [0.5, 0.6) is 11.5 Å². The Kier molecular flexibility index (Phi) is 9.39. The zero-order valence-corrected chi connectivity index (χ0v) is 26.4. The van der Waals surface area contributed by atoms with E-state index in [2.05, 4.69) is 32.9 Å². The van der Waals surface area contributed by atoms with Crippen LogP contribution in [0.15, 0.2) is 36.5 Å². The summed E-state index contributed by atoms with van der Waals surface area (Å²) in [5.41, 5.74) is 3.94. The van der Waals surface area contributed by atoms with Gasteiger partial charge in [-0.3, -0.25) is 4.79 Å². The number of aromatic nitrogens is 3. The van der Waals surface area contributed by atoms with Crippen molar-refractivity contribution in [2.45, 2.75) is 26.7 Å². The lowest BCUT2D eigenvalue weighted by molar-refractivity contribution is -0.114. The number of anilines is 4. The first-order chi connectivity index (χ1) is 20.7. The summed E-state index contributed by atoms with van der Waals surface area (Å²) in [6.07, 6.45) is 3.91. The van der Waals surface area contributed by atoms with Gasteiger partial charge in [0.05, 0.1) is 41.3 Å². The minimum absolute atomic E-state index is 0.170. The summed E-state index contributed by atoms with van der Waals surface area (Å²) in [6, 6.07) is 9.16. The van der Waals surface area contributed by atoms with Crippen molar-refractivity contribution in [1.29, 1.82) is 0 Å². The Labute approximate surface area is 261 Å². The minimum atomic E-state index is -0.170. The molecule has 1 saturated heterocycles. The SMILES string of the molecule is COc1cc(OC)c(Cl)c(-c2cc3cnc(Nc4c(C)cccc4NC(C)=O)nc3c(NCC3CCN(C)CC3)n2)c1Cl. The second-order valence-corrected chi connectivity index (χ2v) is 11.5. The monoisotopic (exact) mass is 623 g/mol. The molecule has 0 radical (unpaired) electrons. The number of carbonyl (C=O) groups excluding carboxylic acids is 1. The molecular weight excluding hydrogens is 589 g/mol. The van der Waals surface area contributed by atoms with Crippen LogP contribution in [0.4, 0.5) is 23.1 Å². The van der Waals surface area contributed by atoms with E-state index >= 15 is 0 Å². The number of fused-ring (bicyclic) bond motifs is 1. The second kappa shape index (κ2) is 13.2. The van der Waals surface area contributed by atoms with Gasteiger partial charge in [-0.1, -0.05) is 35.3 Å². The molecule has 4 aromatic rings. The van der Waals surface area contributed by atoms with E-state index in [0.717, 1.165) is 43.4 Å². The molecule has 0 aliphatic carbocycles. The van der Waals surface area contributed by atoms with E-state index in [1.165, 1.54) is 21.1 Å². The zero-order valence-electron chi connectivity index (χ0n) is 24.8. The number of rotatable bonds is 9. The smallest absolute Gasteiger partial charge is 0.227 e. The lowest BCUT2D eigenvalue weighted by atomic mass is 9.97. The molecule has 0 spiro atoms. The Morgan fingerprint density at radius 2 is 1.77 bits per heavy atom. The molecule has 1 fully saturated rings. The van der Waals surface area contributed by atoms with Crippen molar-refractivity contribution in [1.82, 2.24) is 19.9 Å². The van der Waals surface area contributed by atoms with E-state index in [9.17, 15) is 4.79 Å². The van der Waals surface area contributed by atoms with Gasteiger partial charge < -0.3 is 30.3 Å². The van der Waals surface area contributed by atoms with Crippen LogP contribution in [0, 0.1) is 12.8 Å². The number of methoxy groups -OCH3 is 2.